The lowest BCUT2D eigenvalue weighted by Gasteiger charge is -2.08. The van der Waals surface area contributed by atoms with Gasteiger partial charge in [0.25, 0.3) is 0 Å². The summed E-state index contributed by atoms with van der Waals surface area (Å²) in [6.07, 6.45) is 1.03. The van der Waals surface area contributed by atoms with Crippen molar-refractivity contribution in [2.75, 3.05) is 12.4 Å². The third-order valence-electron chi connectivity index (χ3n) is 3.65. The number of aromatic hydroxyl groups is 1. The van der Waals surface area contributed by atoms with E-state index in [1.165, 1.54) is 13.3 Å². The van der Waals surface area contributed by atoms with Crippen molar-refractivity contribution in [2.45, 2.75) is 20.3 Å². The zero-order chi connectivity index (χ0) is 20.0. The van der Waals surface area contributed by atoms with Gasteiger partial charge in [0.1, 0.15) is 6.42 Å². The molecule has 2 rings (SSSR count). The van der Waals surface area contributed by atoms with Crippen LogP contribution in [-0.2, 0) is 9.59 Å². The summed E-state index contributed by atoms with van der Waals surface area (Å²) in [6, 6.07) is 8.80. The molecule has 142 valence electrons. The fourth-order valence-electron chi connectivity index (χ4n) is 2.34. The van der Waals surface area contributed by atoms with Crippen LogP contribution in [0.4, 0.5) is 5.69 Å². The normalized spacial score (nSPS) is 10.7. The van der Waals surface area contributed by atoms with E-state index in [1.54, 1.807) is 18.2 Å². The maximum absolute atomic E-state index is 12.0. The van der Waals surface area contributed by atoms with Gasteiger partial charge in [-0.1, -0.05) is 17.7 Å². The minimum absolute atomic E-state index is 0.0262. The smallest absolute Gasteiger partial charge is 0.249 e. The number of rotatable bonds is 6. The van der Waals surface area contributed by atoms with Crippen LogP contribution in [0.15, 0.2) is 39.9 Å². The molecule has 0 spiro atoms. The van der Waals surface area contributed by atoms with Gasteiger partial charge in [-0.3, -0.25) is 9.59 Å². The van der Waals surface area contributed by atoms with E-state index in [-0.39, 0.29) is 17.9 Å². The molecule has 0 aliphatic heterocycles. The number of hydrogen-bond donors (Lipinski definition) is 3. The van der Waals surface area contributed by atoms with Crippen molar-refractivity contribution < 1.29 is 19.4 Å². The Morgan fingerprint density at radius 1 is 1.22 bits per heavy atom. The van der Waals surface area contributed by atoms with Crippen molar-refractivity contribution in [1.29, 1.82) is 0 Å². The molecule has 2 aromatic rings. The van der Waals surface area contributed by atoms with Crippen LogP contribution in [-0.4, -0.2) is 30.2 Å². The van der Waals surface area contributed by atoms with Crippen molar-refractivity contribution >= 4 is 39.6 Å². The highest BCUT2D eigenvalue weighted by Crippen LogP contribution is 2.34. The topological polar surface area (TPSA) is 100 Å². The van der Waals surface area contributed by atoms with Gasteiger partial charge in [0.2, 0.25) is 11.8 Å². The van der Waals surface area contributed by atoms with Crippen LogP contribution in [0.5, 0.6) is 11.5 Å². The maximum Gasteiger partial charge on any atom is 0.249 e. The predicted molar refractivity (Wildman–Crippen MR) is 107 cm³/mol. The van der Waals surface area contributed by atoms with Gasteiger partial charge in [-0.15, -0.1) is 0 Å². The molecule has 0 saturated heterocycles. The monoisotopic (exact) mass is 433 g/mol. The Morgan fingerprint density at radius 2 is 1.96 bits per heavy atom. The summed E-state index contributed by atoms with van der Waals surface area (Å²) in [7, 11) is 1.43. The molecule has 0 aliphatic rings. The second-order valence-corrected chi connectivity index (χ2v) is 6.74. The van der Waals surface area contributed by atoms with E-state index in [2.05, 4.69) is 31.8 Å². The van der Waals surface area contributed by atoms with Crippen LogP contribution < -0.4 is 15.5 Å². The van der Waals surface area contributed by atoms with Gasteiger partial charge < -0.3 is 15.2 Å². The lowest BCUT2D eigenvalue weighted by Crippen LogP contribution is -2.24. The zero-order valence-corrected chi connectivity index (χ0v) is 16.8. The van der Waals surface area contributed by atoms with Crippen molar-refractivity contribution in [2.24, 2.45) is 5.10 Å². The molecular formula is C19H20BrN3O4. The lowest BCUT2D eigenvalue weighted by molar-refractivity contribution is -0.126. The third kappa shape index (κ3) is 5.82. The van der Waals surface area contributed by atoms with E-state index in [9.17, 15) is 14.7 Å². The number of carbonyl (C=O) groups excluding carboxylic acids is 2. The second kappa shape index (κ2) is 9.18. The van der Waals surface area contributed by atoms with E-state index in [0.717, 1.165) is 11.1 Å². The largest absolute Gasteiger partial charge is 0.503 e. The van der Waals surface area contributed by atoms with Crippen LogP contribution in [0.25, 0.3) is 0 Å². The van der Waals surface area contributed by atoms with Gasteiger partial charge >= 0.3 is 0 Å². The Kier molecular flexibility index (Phi) is 6.95. The summed E-state index contributed by atoms with van der Waals surface area (Å²) < 4.78 is 5.47. The number of phenolic OH excluding ortho intramolecular Hbond substituents is 1. The number of benzene rings is 2. The quantitative estimate of drug-likeness (QED) is 0.369. The fraction of sp³-hybridized carbons (Fsp3) is 0.211. The van der Waals surface area contributed by atoms with E-state index in [0.29, 0.717) is 15.7 Å². The van der Waals surface area contributed by atoms with E-state index in [4.69, 9.17) is 4.74 Å². The lowest BCUT2D eigenvalue weighted by atomic mass is 10.1. The van der Waals surface area contributed by atoms with Crippen LogP contribution >= 0.6 is 15.9 Å². The van der Waals surface area contributed by atoms with Gasteiger partial charge in [-0.05, 0) is 59.1 Å². The molecule has 27 heavy (non-hydrogen) atoms. The Labute approximate surface area is 165 Å². The number of nitrogens with one attached hydrogen (secondary N) is 2. The van der Waals surface area contributed by atoms with Gasteiger partial charge in [0, 0.05) is 5.69 Å². The molecule has 3 N–H and O–H groups in total. The number of methoxy groups -OCH3 is 1. The summed E-state index contributed by atoms with van der Waals surface area (Å²) in [4.78, 5) is 23.8. The molecule has 2 aromatic carbocycles. The van der Waals surface area contributed by atoms with Crippen LogP contribution in [0.2, 0.25) is 0 Å². The first-order chi connectivity index (χ1) is 12.8. The standard InChI is InChI=1S/C19H20BrN3O4/c1-11-4-5-15(12(2)6-11)22-17(24)9-18(25)23-21-10-13-7-14(20)19(26)16(8-13)27-3/h4-8,10,26H,9H2,1-3H3,(H,22,24)(H,23,25)/b21-10+. The highest BCUT2D eigenvalue weighted by molar-refractivity contribution is 9.10. The minimum atomic E-state index is -0.543. The van der Waals surface area contributed by atoms with Crippen LogP contribution in [0.3, 0.4) is 0 Å². The summed E-state index contributed by atoms with van der Waals surface area (Å²) in [5, 5.41) is 16.3. The average Bonchev–Trinajstić information content (AvgIpc) is 2.60. The van der Waals surface area contributed by atoms with Gasteiger partial charge in [0.15, 0.2) is 11.5 Å². The number of hydrogen-bond acceptors (Lipinski definition) is 5. The molecule has 8 heteroatoms. The zero-order valence-electron chi connectivity index (χ0n) is 15.2. The molecule has 7 nitrogen and oxygen atoms in total. The summed E-state index contributed by atoms with van der Waals surface area (Å²) in [6.45, 7) is 3.85. The fourth-order valence-corrected chi connectivity index (χ4v) is 2.80. The van der Waals surface area contributed by atoms with Crippen LogP contribution in [0, 0.1) is 13.8 Å². The number of hydrazone groups is 1. The molecule has 0 fully saturated rings. The molecule has 0 bridgehead atoms. The Hall–Kier alpha value is -2.87. The molecule has 0 radical (unpaired) electrons. The first-order valence-electron chi connectivity index (χ1n) is 8.05. The molecule has 0 aliphatic carbocycles. The predicted octanol–water partition coefficient (Wildman–Crippen LogP) is 3.26. The number of amides is 2. The number of aryl methyl sites for hydroxylation is 2. The van der Waals surface area contributed by atoms with E-state index >= 15 is 0 Å². The van der Waals surface area contributed by atoms with Crippen molar-refractivity contribution in [3.05, 3.63) is 51.5 Å². The SMILES string of the molecule is COc1cc(/C=N/NC(=O)CC(=O)Nc2ccc(C)cc2C)cc(Br)c1O. The number of carbonyl (C=O) groups is 2. The molecule has 0 unspecified atom stereocenters. The summed E-state index contributed by atoms with van der Waals surface area (Å²) >= 11 is 3.20. The average molecular weight is 434 g/mol. The van der Waals surface area contributed by atoms with Crippen molar-refractivity contribution in [3.63, 3.8) is 0 Å². The first-order valence-corrected chi connectivity index (χ1v) is 8.85. The first kappa shape index (κ1) is 20.4. The van der Waals surface area contributed by atoms with Crippen molar-refractivity contribution in [1.82, 2.24) is 5.43 Å². The number of anilines is 1. The number of halogens is 1. The van der Waals surface area contributed by atoms with E-state index < -0.39 is 11.8 Å². The molecule has 2 amide bonds. The Morgan fingerprint density at radius 3 is 2.63 bits per heavy atom. The van der Waals surface area contributed by atoms with Crippen LogP contribution in [0.1, 0.15) is 23.1 Å². The second-order valence-electron chi connectivity index (χ2n) is 5.89. The van der Waals surface area contributed by atoms with Gasteiger partial charge in [-0.2, -0.15) is 5.10 Å². The highest BCUT2D eigenvalue weighted by atomic mass is 79.9. The maximum atomic E-state index is 12.0. The Bertz CT molecular complexity index is 897. The summed E-state index contributed by atoms with van der Waals surface area (Å²) in [5.41, 5.74) is 5.57. The number of ether oxygens (including phenoxy) is 1. The summed E-state index contributed by atoms with van der Waals surface area (Å²) in [5.74, 6) is -0.728. The minimum Gasteiger partial charge on any atom is -0.503 e. The molecule has 0 saturated carbocycles. The van der Waals surface area contributed by atoms with Gasteiger partial charge in [0.05, 0.1) is 17.8 Å². The Balaban J connectivity index is 1.91. The number of nitrogens with zero attached hydrogens (tertiary/aromatic N) is 1. The molecule has 0 atom stereocenters. The van der Waals surface area contributed by atoms with Crippen molar-refractivity contribution in [3.8, 4) is 11.5 Å². The third-order valence-corrected chi connectivity index (χ3v) is 4.26. The highest BCUT2D eigenvalue weighted by Gasteiger charge is 2.11. The van der Waals surface area contributed by atoms with Gasteiger partial charge in [-0.25, -0.2) is 5.43 Å². The number of phenols is 1. The molecule has 0 heterocycles. The molecular weight excluding hydrogens is 414 g/mol. The molecule has 0 aromatic heterocycles. The van der Waals surface area contributed by atoms with E-state index in [1.807, 2.05) is 26.0 Å².